The Hall–Kier alpha value is -2.95. The van der Waals surface area contributed by atoms with Crippen LogP contribution in [0.25, 0.3) is 11.3 Å². The second-order valence-electron chi connectivity index (χ2n) is 8.87. The fourth-order valence-electron chi connectivity index (χ4n) is 5.13. The molecular formula is C23H22ClFN8S. The Morgan fingerprint density at radius 1 is 1.18 bits per heavy atom. The number of rotatable bonds is 3. The van der Waals surface area contributed by atoms with Crippen LogP contribution in [0.1, 0.15) is 30.0 Å². The SMILES string of the molecule is Nc1nccc(Sc2cnc3nc(N4CCC5(CC4)Cc4cccc(F)c4[C@H]5N)[nH]c3n2)c1Cl. The van der Waals surface area contributed by atoms with Gasteiger partial charge in [-0.15, -0.1) is 0 Å². The molecule has 0 unspecified atom stereocenters. The van der Waals surface area contributed by atoms with Crippen LogP contribution in [0.15, 0.2) is 46.6 Å². The van der Waals surface area contributed by atoms with Crippen molar-refractivity contribution in [3.8, 4) is 0 Å². The van der Waals surface area contributed by atoms with Gasteiger partial charge in [0.25, 0.3) is 0 Å². The molecule has 3 aromatic heterocycles. The van der Waals surface area contributed by atoms with Crippen molar-refractivity contribution in [3.63, 3.8) is 0 Å². The predicted molar refractivity (Wildman–Crippen MR) is 130 cm³/mol. The largest absolute Gasteiger partial charge is 0.382 e. The van der Waals surface area contributed by atoms with Gasteiger partial charge < -0.3 is 21.4 Å². The van der Waals surface area contributed by atoms with E-state index in [1.165, 1.54) is 17.8 Å². The molecule has 1 aromatic carbocycles. The molecule has 1 saturated heterocycles. The summed E-state index contributed by atoms with van der Waals surface area (Å²) in [5.41, 5.74) is 15.1. The molecule has 34 heavy (non-hydrogen) atoms. The van der Waals surface area contributed by atoms with Crippen LogP contribution in [0.4, 0.5) is 16.2 Å². The zero-order valence-electron chi connectivity index (χ0n) is 18.1. The Kier molecular flexibility index (Phi) is 5.12. The van der Waals surface area contributed by atoms with Crippen molar-refractivity contribution in [3.05, 3.63) is 58.6 Å². The van der Waals surface area contributed by atoms with Gasteiger partial charge in [0.05, 0.1) is 11.2 Å². The van der Waals surface area contributed by atoms with Crippen LogP contribution in [0.5, 0.6) is 0 Å². The lowest BCUT2D eigenvalue weighted by Crippen LogP contribution is -2.44. The topological polar surface area (TPSA) is 123 Å². The predicted octanol–water partition coefficient (Wildman–Crippen LogP) is 4.12. The highest BCUT2D eigenvalue weighted by Crippen LogP contribution is 2.51. The summed E-state index contributed by atoms with van der Waals surface area (Å²) in [5.74, 6) is 0.816. The highest BCUT2D eigenvalue weighted by Gasteiger charge is 2.47. The number of anilines is 2. The van der Waals surface area contributed by atoms with Gasteiger partial charge in [0.1, 0.15) is 16.7 Å². The van der Waals surface area contributed by atoms with E-state index in [1.807, 2.05) is 6.07 Å². The summed E-state index contributed by atoms with van der Waals surface area (Å²) in [4.78, 5) is 24.0. The first-order valence-electron chi connectivity index (χ1n) is 11.0. The van der Waals surface area contributed by atoms with E-state index < -0.39 is 0 Å². The number of halogens is 2. The zero-order valence-corrected chi connectivity index (χ0v) is 19.7. The van der Waals surface area contributed by atoms with Gasteiger partial charge in [0, 0.05) is 35.8 Å². The van der Waals surface area contributed by atoms with Crippen LogP contribution >= 0.6 is 23.4 Å². The zero-order chi connectivity index (χ0) is 23.4. The van der Waals surface area contributed by atoms with Crippen LogP contribution in [-0.4, -0.2) is 38.0 Å². The molecule has 1 aliphatic heterocycles. The Morgan fingerprint density at radius 3 is 2.79 bits per heavy atom. The van der Waals surface area contributed by atoms with Crippen LogP contribution in [0.3, 0.4) is 0 Å². The second-order valence-corrected chi connectivity index (χ2v) is 10.3. The minimum atomic E-state index is -0.279. The van der Waals surface area contributed by atoms with Crippen molar-refractivity contribution in [1.29, 1.82) is 0 Å². The number of nitrogens with zero attached hydrogens (tertiary/aromatic N) is 5. The maximum absolute atomic E-state index is 14.4. The maximum Gasteiger partial charge on any atom is 0.206 e. The molecule has 0 bridgehead atoms. The number of nitrogen functional groups attached to an aromatic ring is 1. The number of hydrogen-bond donors (Lipinski definition) is 3. The molecule has 174 valence electrons. The number of nitrogens with one attached hydrogen (secondary N) is 1. The molecule has 1 aliphatic carbocycles. The standard InChI is InChI=1S/C23H22ClFN8S/c24-17-14(4-7-28-19(17)27)34-15-11-29-20-21(30-15)32-22(31-20)33-8-5-23(6-9-33)10-12-2-1-3-13(25)16(12)18(23)26/h1-4,7,11,18H,5-6,8-10,26H2,(H2,27,28)(H,29,30,31,32)/t18-/m1/s1. The number of aromatic amines is 1. The first-order chi connectivity index (χ1) is 16.4. The molecule has 0 amide bonds. The van der Waals surface area contributed by atoms with Crippen molar-refractivity contribution in [2.45, 2.75) is 35.2 Å². The lowest BCUT2D eigenvalue weighted by molar-refractivity contribution is 0.185. The smallest absolute Gasteiger partial charge is 0.206 e. The Bertz CT molecular complexity index is 1400. The van der Waals surface area contributed by atoms with Crippen molar-refractivity contribution < 1.29 is 4.39 Å². The van der Waals surface area contributed by atoms with E-state index in [9.17, 15) is 4.39 Å². The van der Waals surface area contributed by atoms with Crippen molar-refractivity contribution in [2.75, 3.05) is 23.7 Å². The van der Waals surface area contributed by atoms with E-state index in [0.29, 0.717) is 26.9 Å². The molecule has 5 N–H and O–H groups in total. The van der Waals surface area contributed by atoms with E-state index in [0.717, 1.165) is 48.8 Å². The summed E-state index contributed by atoms with van der Waals surface area (Å²) < 4.78 is 14.4. The van der Waals surface area contributed by atoms with Gasteiger partial charge in [-0.1, -0.05) is 35.5 Å². The number of piperidine rings is 1. The van der Waals surface area contributed by atoms with Crippen molar-refractivity contribution >= 4 is 46.4 Å². The van der Waals surface area contributed by atoms with Gasteiger partial charge in [-0.05, 0) is 42.4 Å². The van der Waals surface area contributed by atoms with Gasteiger partial charge in [-0.2, -0.15) is 4.98 Å². The van der Waals surface area contributed by atoms with E-state index in [4.69, 9.17) is 23.1 Å². The number of benzene rings is 1. The molecule has 0 radical (unpaired) electrons. The van der Waals surface area contributed by atoms with Gasteiger partial charge in [-0.3, -0.25) is 0 Å². The maximum atomic E-state index is 14.4. The van der Waals surface area contributed by atoms with Crippen molar-refractivity contribution in [2.24, 2.45) is 11.1 Å². The van der Waals surface area contributed by atoms with Gasteiger partial charge >= 0.3 is 0 Å². The summed E-state index contributed by atoms with van der Waals surface area (Å²) >= 11 is 7.62. The first kappa shape index (κ1) is 21.6. The third-order valence-electron chi connectivity index (χ3n) is 6.98. The first-order valence-corrected chi connectivity index (χ1v) is 12.2. The molecular weight excluding hydrogens is 475 g/mol. The molecule has 2 aliphatic rings. The van der Waals surface area contributed by atoms with Gasteiger partial charge in [0.15, 0.2) is 11.3 Å². The second kappa shape index (κ2) is 8.07. The third kappa shape index (κ3) is 3.48. The number of fused-ring (bicyclic) bond motifs is 2. The molecule has 8 nitrogen and oxygen atoms in total. The minimum Gasteiger partial charge on any atom is -0.382 e. The lowest BCUT2D eigenvalue weighted by atomic mass is 9.73. The quantitative estimate of drug-likeness (QED) is 0.387. The number of imidazole rings is 1. The molecule has 11 heteroatoms. The molecule has 1 fully saturated rings. The lowest BCUT2D eigenvalue weighted by Gasteiger charge is -2.42. The van der Waals surface area contributed by atoms with Crippen molar-refractivity contribution in [1.82, 2.24) is 24.9 Å². The van der Waals surface area contributed by atoms with E-state index >= 15 is 0 Å². The molecule has 1 spiro atoms. The van der Waals surface area contributed by atoms with Gasteiger partial charge in [0.2, 0.25) is 5.95 Å². The van der Waals surface area contributed by atoms with Gasteiger partial charge in [-0.25, -0.2) is 19.3 Å². The van der Waals surface area contributed by atoms with Crippen LogP contribution < -0.4 is 16.4 Å². The summed E-state index contributed by atoms with van der Waals surface area (Å²) in [6.07, 6.45) is 5.82. The highest BCUT2D eigenvalue weighted by molar-refractivity contribution is 7.99. The third-order valence-corrected chi connectivity index (χ3v) is 8.46. The van der Waals surface area contributed by atoms with Crippen LogP contribution in [0, 0.1) is 11.2 Å². The number of hydrogen-bond acceptors (Lipinski definition) is 8. The fraction of sp³-hybridized carbons (Fsp3) is 0.304. The fourth-order valence-corrected chi connectivity index (χ4v) is 6.15. The summed E-state index contributed by atoms with van der Waals surface area (Å²) in [6, 6.07) is 6.78. The number of pyridine rings is 1. The molecule has 4 aromatic rings. The van der Waals surface area contributed by atoms with E-state index in [1.54, 1.807) is 24.5 Å². The Labute approximate surface area is 204 Å². The monoisotopic (exact) mass is 496 g/mol. The summed E-state index contributed by atoms with van der Waals surface area (Å²) in [6.45, 7) is 1.55. The van der Waals surface area contributed by atoms with Crippen LogP contribution in [-0.2, 0) is 6.42 Å². The molecule has 1 atom stereocenters. The Balaban J connectivity index is 1.20. The summed E-state index contributed by atoms with van der Waals surface area (Å²) in [5, 5.41) is 1.07. The number of nitrogens with two attached hydrogens (primary N) is 2. The highest BCUT2D eigenvalue weighted by atomic mass is 35.5. The molecule has 6 rings (SSSR count). The van der Waals surface area contributed by atoms with E-state index in [2.05, 4.69) is 29.8 Å². The summed E-state index contributed by atoms with van der Waals surface area (Å²) in [7, 11) is 0. The minimum absolute atomic E-state index is 0.112. The number of aromatic nitrogens is 5. The number of H-pyrrole nitrogens is 1. The van der Waals surface area contributed by atoms with Crippen LogP contribution in [0.2, 0.25) is 5.02 Å². The average Bonchev–Trinajstić information content (AvgIpc) is 3.37. The van der Waals surface area contributed by atoms with E-state index in [-0.39, 0.29) is 23.1 Å². The molecule has 4 heterocycles. The normalized spacial score (nSPS) is 19.1. The Morgan fingerprint density at radius 2 is 2.00 bits per heavy atom. The molecule has 0 saturated carbocycles. The average molecular weight is 497 g/mol.